The molecule has 6 N–H and O–H groups in total. The number of ether oxygens (including phenoxy) is 2. The molecule has 7 unspecified atom stereocenters. The maximum atomic E-state index is 13.0. The molecule has 1 rings (SSSR count). The Kier molecular flexibility index (Phi) is 40.4. The fourth-order valence-electron chi connectivity index (χ4n) is 7.96. The molecule has 1 amide bonds. The van der Waals surface area contributed by atoms with Crippen LogP contribution >= 0.6 is 0 Å². The summed E-state index contributed by atoms with van der Waals surface area (Å²) in [6.45, 7) is 3.68. The molecule has 362 valence electrons. The van der Waals surface area contributed by atoms with E-state index in [2.05, 4.69) is 55.6 Å². The van der Waals surface area contributed by atoms with Crippen LogP contribution in [0.3, 0.4) is 0 Å². The van der Waals surface area contributed by atoms with Crippen LogP contribution in [0.25, 0.3) is 0 Å². The lowest BCUT2D eigenvalue weighted by Gasteiger charge is -2.40. The summed E-state index contributed by atoms with van der Waals surface area (Å²) in [5.41, 5.74) is 0. The Morgan fingerprint density at radius 2 is 0.952 bits per heavy atom. The van der Waals surface area contributed by atoms with Crippen LogP contribution in [0, 0.1) is 0 Å². The minimum Gasteiger partial charge on any atom is -0.394 e. The van der Waals surface area contributed by atoms with Crippen molar-refractivity contribution in [3.8, 4) is 0 Å². The topological polar surface area (TPSA) is 149 Å². The molecular formula is C53H97NO8. The van der Waals surface area contributed by atoms with E-state index in [0.29, 0.717) is 6.42 Å². The van der Waals surface area contributed by atoms with E-state index in [-0.39, 0.29) is 12.5 Å². The summed E-state index contributed by atoms with van der Waals surface area (Å²) in [5, 5.41) is 54.1. The Labute approximate surface area is 380 Å². The van der Waals surface area contributed by atoms with Gasteiger partial charge in [-0.15, -0.1) is 0 Å². The molecule has 0 bridgehead atoms. The van der Waals surface area contributed by atoms with Gasteiger partial charge in [0.2, 0.25) is 5.91 Å². The maximum absolute atomic E-state index is 13.0. The number of hydrogen-bond donors (Lipinski definition) is 6. The molecule has 9 heteroatoms. The lowest BCUT2D eigenvalue weighted by atomic mass is 9.99. The van der Waals surface area contributed by atoms with E-state index < -0.39 is 49.5 Å². The number of aliphatic hydroxyl groups is 5. The fraction of sp³-hybridized carbons (Fsp3) is 0.830. The maximum Gasteiger partial charge on any atom is 0.220 e. The van der Waals surface area contributed by atoms with Crippen LogP contribution in [-0.2, 0) is 14.3 Å². The molecule has 1 saturated heterocycles. The fourth-order valence-corrected chi connectivity index (χ4v) is 7.96. The molecule has 62 heavy (non-hydrogen) atoms. The summed E-state index contributed by atoms with van der Waals surface area (Å²) in [4.78, 5) is 13.0. The summed E-state index contributed by atoms with van der Waals surface area (Å²) in [7, 11) is 0. The molecule has 7 atom stereocenters. The van der Waals surface area contributed by atoms with E-state index >= 15 is 0 Å². The van der Waals surface area contributed by atoms with Crippen molar-refractivity contribution >= 4 is 5.91 Å². The number of nitrogens with one attached hydrogen (secondary N) is 1. The van der Waals surface area contributed by atoms with Crippen LogP contribution in [0.1, 0.15) is 226 Å². The van der Waals surface area contributed by atoms with Crippen molar-refractivity contribution < 1.29 is 39.8 Å². The first-order chi connectivity index (χ1) is 30.3. The summed E-state index contributed by atoms with van der Waals surface area (Å²) in [5.74, 6) is -0.193. The number of carbonyl (C=O) groups excluding carboxylic acids is 1. The number of amides is 1. The summed E-state index contributed by atoms with van der Waals surface area (Å²) in [6, 6.07) is -0.827. The second kappa shape index (κ2) is 43.1. The smallest absolute Gasteiger partial charge is 0.220 e. The first-order valence-corrected chi connectivity index (χ1v) is 25.9. The largest absolute Gasteiger partial charge is 0.394 e. The van der Waals surface area contributed by atoms with Gasteiger partial charge in [0.25, 0.3) is 0 Å². The van der Waals surface area contributed by atoms with Gasteiger partial charge in [-0.05, 0) is 64.2 Å². The Balaban J connectivity index is 2.18. The predicted octanol–water partition coefficient (Wildman–Crippen LogP) is 11.8. The first kappa shape index (κ1) is 58.2. The SMILES string of the molecule is CCC/C=C/CC/C=C/CC/C=C/C(O)C(COC1OC(CO)C(O)C(O)C1O)NC(=O)CCCCCCCCCCCCCC/C=C\CCCCCCCCCCCCCC. The van der Waals surface area contributed by atoms with Crippen molar-refractivity contribution in [2.24, 2.45) is 0 Å². The monoisotopic (exact) mass is 876 g/mol. The molecule has 1 aliphatic heterocycles. The molecule has 0 aromatic heterocycles. The molecule has 0 aromatic carbocycles. The quantitative estimate of drug-likeness (QED) is 0.0262. The van der Waals surface area contributed by atoms with Gasteiger partial charge in [-0.25, -0.2) is 0 Å². The lowest BCUT2D eigenvalue weighted by Crippen LogP contribution is -2.60. The zero-order valence-corrected chi connectivity index (χ0v) is 39.9. The van der Waals surface area contributed by atoms with Gasteiger partial charge < -0.3 is 40.3 Å². The van der Waals surface area contributed by atoms with E-state index in [9.17, 15) is 30.3 Å². The highest BCUT2D eigenvalue weighted by Crippen LogP contribution is 2.23. The standard InChI is InChI=1S/C53H97NO8/c1-3-5-7-9-11-13-15-16-17-18-19-20-21-22-23-24-25-26-27-28-29-30-31-33-35-37-39-41-43-49(57)54-46(45-61-53-52(60)51(59)50(58)48(44-55)62-53)47(56)42-40-38-36-34-32-14-12-10-8-6-4-2/h8,10,22-23,32,34,40,42,46-48,50-53,55-56,58-60H,3-7,9,11-21,24-31,33,35-39,41,43-45H2,1-2H3,(H,54,57)/b10-8+,23-22-,34-32+,42-40+. The van der Waals surface area contributed by atoms with Gasteiger partial charge in [0, 0.05) is 6.42 Å². The van der Waals surface area contributed by atoms with Gasteiger partial charge in [0.05, 0.1) is 25.4 Å². The van der Waals surface area contributed by atoms with Crippen molar-refractivity contribution in [2.75, 3.05) is 13.2 Å². The van der Waals surface area contributed by atoms with Gasteiger partial charge >= 0.3 is 0 Å². The highest BCUT2D eigenvalue weighted by Gasteiger charge is 2.44. The molecule has 0 saturated carbocycles. The first-order valence-electron chi connectivity index (χ1n) is 25.9. The van der Waals surface area contributed by atoms with E-state index in [0.717, 1.165) is 57.8 Å². The summed E-state index contributed by atoms with van der Waals surface area (Å²) >= 11 is 0. The Hall–Kier alpha value is -1.85. The highest BCUT2D eigenvalue weighted by atomic mass is 16.7. The van der Waals surface area contributed by atoms with Crippen molar-refractivity contribution in [2.45, 2.75) is 269 Å². The molecule has 1 heterocycles. The molecule has 0 spiro atoms. The molecule has 1 fully saturated rings. The third-order valence-corrected chi connectivity index (χ3v) is 12.1. The molecular weight excluding hydrogens is 779 g/mol. The van der Waals surface area contributed by atoms with Gasteiger partial charge in [-0.3, -0.25) is 4.79 Å². The van der Waals surface area contributed by atoms with Gasteiger partial charge in [0.1, 0.15) is 24.4 Å². The molecule has 9 nitrogen and oxygen atoms in total. The van der Waals surface area contributed by atoms with Gasteiger partial charge in [0.15, 0.2) is 6.29 Å². The third-order valence-electron chi connectivity index (χ3n) is 12.1. The minimum absolute atomic E-state index is 0.193. The lowest BCUT2D eigenvalue weighted by molar-refractivity contribution is -0.302. The Morgan fingerprint density at radius 1 is 0.532 bits per heavy atom. The highest BCUT2D eigenvalue weighted by molar-refractivity contribution is 5.76. The Morgan fingerprint density at radius 3 is 1.42 bits per heavy atom. The normalized spacial score (nSPS) is 20.7. The van der Waals surface area contributed by atoms with Gasteiger partial charge in [-0.1, -0.05) is 204 Å². The van der Waals surface area contributed by atoms with Crippen LogP contribution in [0.4, 0.5) is 0 Å². The summed E-state index contributed by atoms with van der Waals surface area (Å²) < 4.78 is 11.2. The van der Waals surface area contributed by atoms with Crippen LogP contribution in [0.15, 0.2) is 48.6 Å². The predicted molar refractivity (Wildman–Crippen MR) is 258 cm³/mol. The van der Waals surface area contributed by atoms with Crippen LogP contribution in [-0.4, -0.2) is 87.5 Å². The van der Waals surface area contributed by atoms with Crippen molar-refractivity contribution in [3.63, 3.8) is 0 Å². The number of aliphatic hydroxyl groups excluding tert-OH is 5. The van der Waals surface area contributed by atoms with E-state index in [4.69, 9.17) is 9.47 Å². The Bertz CT molecular complexity index is 1110. The minimum atomic E-state index is -1.57. The number of rotatable bonds is 43. The molecule has 0 radical (unpaired) electrons. The van der Waals surface area contributed by atoms with Crippen LogP contribution in [0.2, 0.25) is 0 Å². The van der Waals surface area contributed by atoms with E-state index in [1.54, 1.807) is 6.08 Å². The van der Waals surface area contributed by atoms with Crippen LogP contribution in [0.5, 0.6) is 0 Å². The third kappa shape index (κ3) is 32.8. The molecule has 0 aromatic rings. The number of allylic oxidation sites excluding steroid dienone is 7. The number of carbonyl (C=O) groups is 1. The molecule has 1 aliphatic rings. The average Bonchev–Trinajstić information content (AvgIpc) is 3.27. The van der Waals surface area contributed by atoms with E-state index in [1.807, 2.05) is 6.08 Å². The number of hydrogen-bond acceptors (Lipinski definition) is 8. The summed E-state index contributed by atoms with van der Waals surface area (Å²) in [6.07, 6.45) is 49.0. The second-order valence-electron chi connectivity index (χ2n) is 17.9. The van der Waals surface area contributed by atoms with Gasteiger partial charge in [-0.2, -0.15) is 0 Å². The zero-order valence-electron chi connectivity index (χ0n) is 39.9. The second-order valence-corrected chi connectivity index (χ2v) is 17.9. The number of unbranched alkanes of at least 4 members (excludes halogenated alkanes) is 27. The van der Waals surface area contributed by atoms with Crippen molar-refractivity contribution in [3.05, 3.63) is 48.6 Å². The van der Waals surface area contributed by atoms with Crippen LogP contribution < -0.4 is 5.32 Å². The van der Waals surface area contributed by atoms with E-state index in [1.165, 1.54) is 148 Å². The van der Waals surface area contributed by atoms with Crippen molar-refractivity contribution in [1.82, 2.24) is 5.32 Å². The zero-order chi connectivity index (χ0) is 45.1. The van der Waals surface area contributed by atoms with Crippen molar-refractivity contribution in [1.29, 1.82) is 0 Å². The molecule has 0 aliphatic carbocycles. The average molecular weight is 876 g/mol.